The Balaban J connectivity index is 1.53. The molecule has 0 amide bonds. The molecule has 0 bridgehead atoms. The first-order valence-corrected chi connectivity index (χ1v) is 9.18. The predicted octanol–water partition coefficient (Wildman–Crippen LogP) is 3.23. The van der Waals surface area contributed by atoms with Gasteiger partial charge in [-0.3, -0.25) is 4.90 Å². The van der Waals surface area contributed by atoms with Crippen LogP contribution in [0.1, 0.15) is 55.3 Å². The number of benzene rings is 1. The van der Waals surface area contributed by atoms with Crippen LogP contribution in [0.15, 0.2) is 18.2 Å². The molecule has 0 spiro atoms. The number of esters is 1. The van der Waals surface area contributed by atoms with Crippen LogP contribution in [0.2, 0.25) is 0 Å². The minimum Gasteiger partial charge on any atom is -0.490 e. The minimum absolute atomic E-state index is 0.0681. The number of nitrogens with zero attached hydrogens (tertiary/aromatic N) is 1. The maximum atomic E-state index is 12.3. The van der Waals surface area contributed by atoms with E-state index in [4.69, 9.17) is 15.2 Å². The molecule has 0 atom stereocenters. The molecule has 3 rings (SSSR count). The maximum Gasteiger partial charge on any atom is 0.338 e. The molecular weight excluding hydrogens is 304 g/mol. The molecule has 0 radical (unpaired) electrons. The molecule has 24 heavy (non-hydrogen) atoms. The van der Waals surface area contributed by atoms with E-state index < -0.39 is 0 Å². The normalized spacial score (nSPS) is 19.3. The molecular formula is C19H28N2O3. The van der Waals surface area contributed by atoms with Gasteiger partial charge >= 0.3 is 5.97 Å². The van der Waals surface area contributed by atoms with Gasteiger partial charge in [0.25, 0.3) is 0 Å². The third kappa shape index (κ3) is 4.63. The molecule has 2 fully saturated rings. The average Bonchev–Trinajstić information content (AvgIpc) is 3.10. The second-order valence-electron chi connectivity index (χ2n) is 6.82. The van der Waals surface area contributed by atoms with Crippen molar-refractivity contribution in [1.29, 1.82) is 0 Å². The minimum atomic E-state index is -0.275. The van der Waals surface area contributed by atoms with Gasteiger partial charge in [-0.1, -0.05) is 6.42 Å². The summed E-state index contributed by atoms with van der Waals surface area (Å²) < 4.78 is 11.4. The highest BCUT2D eigenvalue weighted by molar-refractivity contribution is 5.90. The van der Waals surface area contributed by atoms with Crippen molar-refractivity contribution in [1.82, 2.24) is 4.90 Å². The molecule has 2 aliphatic rings. The molecule has 1 saturated carbocycles. The van der Waals surface area contributed by atoms with Gasteiger partial charge in [-0.05, 0) is 69.8 Å². The van der Waals surface area contributed by atoms with Gasteiger partial charge < -0.3 is 15.2 Å². The first-order chi connectivity index (χ1) is 11.7. The molecule has 132 valence electrons. The van der Waals surface area contributed by atoms with Crippen molar-refractivity contribution >= 4 is 11.7 Å². The van der Waals surface area contributed by atoms with E-state index in [0.29, 0.717) is 23.6 Å². The lowest BCUT2D eigenvalue weighted by Crippen LogP contribution is -2.33. The number of hydrogen-bond acceptors (Lipinski definition) is 5. The van der Waals surface area contributed by atoms with Crippen molar-refractivity contribution in [2.24, 2.45) is 0 Å². The van der Waals surface area contributed by atoms with Gasteiger partial charge in [-0.15, -0.1) is 0 Å². The van der Waals surface area contributed by atoms with Gasteiger partial charge in [0.15, 0.2) is 0 Å². The fraction of sp³-hybridized carbons (Fsp3) is 0.632. The third-order valence-corrected chi connectivity index (χ3v) is 4.94. The van der Waals surface area contributed by atoms with Gasteiger partial charge in [0.1, 0.15) is 18.5 Å². The molecule has 1 saturated heterocycles. The van der Waals surface area contributed by atoms with Crippen molar-refractivity contribution in [3.05, 3.63) is 23.8 Å². The second kappa shape index (κ2) is 8.38. The fourth-order valence-electron chi connectivity index (χ4n) is 3.48. The number of anilines is 1. The van der Waals surface area contributed by atoms with Gasteiger partial charge in [0, 0.05) is 6.54 Å². The first kappa shape index (κ1) is 17.1. The van der Waals surface area contributed by atoms with Crippen LogP contribution in [0.25, 0.3) is 0 Å². The van der Waals surface area contributed by atoms with Gasteiger partial charge in [0.05, 0.1) is 11.3 Å². The van der Waals surface area contributed by atoms with Crippen LogP contribution in [0.5, 0.6) is 5.75 Å². The van der Waals surface area contributed by atoms with E-state index in [9.17, 15) is 4.79 Å². The van der Waals surface area contributed by atoms with Crippen molar-refractivity contribution in [3.63, 3.8) is 0 Å². The lowest BCUT2D eigenvalue weighted by atomic mass is 10.1. The molecule has 5 heteroatoms. The molecule has 1 heterocycles. The average molecular weight is 332 g/mol. The SMILES string of the molecule is Nc1ccc(C(=O)OC2CCCC2)cc1OCCN1CCCCC1. The number of rotatable bonds is 6. The molecule has 0 aromatic heterocycles. The number of likely N-dealkylation sites (tertiary alicyclic amines) is 1. The molecule has 1 aliphatic carbocycles. The van der Waals surface area contributed by atoms with Crippen LogP contribution in [0, 0.1) is 0 Å². The van der Waals surface area contributed by atoms with E-state index in [1.54, 1.807) is 18.2 Å². The molecule has 1 aromatic rings. The number of nitrogen functional groups attached to an aromatic ring is 1. The standard InChI is InChI=1S/C19H28N2O3/c20-17-9-8-15(19(22)24-16-6-2-3-7-16)14-18(17)23-13-12-21-10-4-1-5-11-21/h8-9,14,16H,1-7,10-13,20H2. The van der Waals surface area contributed by atoms with Crippen LogP contribution < -0.4 is 10.5 Å². The lowest BCUT2D eigenvalue weighted by molar-refractivity contribution is 0.0317. The number of ether oxygens (including phenoxy) is 2. The summed E-state index contributed by atoms with van der Waals surface area (Å²) in [5, 5.41) is 0. The van der Waals surface area contributed by atoms with E-state index in [-0.39, 0.29) is 12.1 Å². The van der Waals surface area contributed by atoms with Gasteiger partial charge in [-0.25, -0.2) is 4.79 Å². The van der Waals surface area contributed by atoms with E-state index in [1.807, 2.05) is 0 Å². The van der Waals surface area contributed by atoms with Crippen LogP contribution in [0.3, 0.4) is 0 Å². The first-order valence-electron chi connectivity index (χ1n) is 9.18. The number of piperidine rings is 1. The monoisotopic (exact) mass is 332 g/mol. The number of carbonyl (C=O) groups is 1. The number of hydrogen-bond donors (Lipinski definition) is 1. The Morgan fingerprint density at radius 2 is 1.88 bits per heavy atom. The summed E-state index contributed by atoms with van der Waals surface area (Å²) >= 11 is 0. The fourth-order valence-corrected chi connectivity index (χ4v) is 3.48. The van der Waals surface area contributed by atoms with Gasteiger partial charge in [-0.2, -0.15) is 0 Å². The Bertz CT molecular complexity index is 550. The van der Waals surface area contributed by atoms with Crippen molar-refractivity contribution < 1.29 is 14.3 Å². The largest absolute Gasteiger partial charge is 0.490 e. The Hall–Kier alpha value is -1.75. The van der Waals surface area contributed by atoms with Crippen molar-refractivity contribution in [3.8, 4) is 5.75 Å². The van der Waals surface area contributed by atoms with E-state index in [2.05, 4.69) is 4.90 Å². The predicted molar refractivity (Wildman–Crippen MR) is 94.3 cm³/mol. The molecule has 1 aromatic carbocycles. The molecule has 5 nitrogen and oxygen atoms in total. The van der Waals surface area contributed by atoms with Crippen LogP contribution in [0.4, 0.5) is 5.69 Å². The Kier molecular flexibility index (Phi) is 5.96. The Morgan fingerprint density at radius 3 is 2.62 bits per heavy atom. The highest BCUT2D eigenvalue weighted by Gasteiger charge is 2.20. The summed E-state index contributed by atoms with van der Waals surface area (Å²) in [5.74, 6) is 0.302. The summed E-state index contributed by atoms with van der Waals surface area (Å²) in [4.78, 5) is 14.7. The van der Waals surface area contributed by atoms with Crippen molar-refractivity contribution in [2.45, 2.75) is 51.0 Å². The summed E-state index contributed by atoms with van der Waals surface area (Å²) in [6.45, 7) is 3.78. The molecule has 1 aliphatic heterocycles. The van der Waals surface area contributed by atoms with Crippen molar-refractivity contribution in [2.75, 3.05) is 32.0 Å². The Labute approximate surface area is 144 Å². The zero-order chi connectivity index (χ0) is 16.8. The second-order valence-corrected chi connectivity index (χ2v) is 6.82. The highest BCUT2D eigenvalue weighted by atomic mass is 16.5. The zero-order valence-corrected chi connectivity index (χ0v) is 14.3. The molecule has 0 unspecified atom stereocenters. The Morgan fingerprint density at radius 1 is 1.12 bits per heavy atom. The summed E-state index contributed by atoms with van der Waals surface area (Å²) in [7, 11) is 0. The topological polar surface area (TPSA) is 64.8 Å². The summed E-state index contributed by atoms with van der Waals surface area (Å²) in [5.41, 5.74) is 7.06. The summed E-state index contributed by atoms with van der Waals surface area (Å²) in [6, 6.07) is 5.15. The van der Waals surface area contributed by atoms with E-state index >= 15 is 0 Å². The van der Waals surface area contributed by atoms with Crippen LogP contribution in [-0.4, -0.2) is 43.2 Å². The number of carbonyl (C=O) groups excluding carboxylic acids is 1. The van der Waals surface area contributed by atoms with E-state index in [0.717, 1.165) is 45.3 Å². The maximum absolute atomic E-state index is 12.3. The lowest BCUT2D eigenvalue weighted by Gasteiger charge is -2.26. The molecule has 2 N–H and O–H groups in total. The smallest absolute Gasteiger partial charge is 0.338 e. The highest BCUT2D eigenvalue weighted by Crippen LogP contribution is 2.26. The number of nitrogens with two attached hydrogens (primary N) is 1. The van der Waals surface area contributed by atoms with E-state index in [1.165, 1.54) is 19.3 Å². The summed E-state index contributed by atoms with van der Waals surface area (Å²) in [6.07, 6.45) is 8.16. The zero-order valence-electron chi connectivity index (χ0n) is 14.3. The van der Waals surface area contributed by atoms with Gasteiger partial charge in [0.2, 0.25) is 0 Å². The van der Waals surface area contributed by atoms with Crippen LogP contribution in [-0.2, 0) is 4.74 Å². The third-order valence-electron chi connectivity index (χ3n) is 4.94. The van der Waals surface area contributed by atoms with Crippen LogP contribution >= 0.6 is 0 Å². The quantitative estimate of drug-likeness (QED) is 0.640.